The van der Waals surface area contributed by atoms with Gasteiger partial charge in [-0.05, 0) is 84.1 Å². The molecular weight excluding hydrogens is 538 g/mol. The number of nitrogens with one attached hydrogen (secondary N) is 1. The van der Waals surface area contributed by atoms with Gasteiger partial charge in [0.25, 0.3) is 5.91 Å². The number of carbonyl (C=O) groups excluding carboxylic acids is 2. The van der Waals surface area contributed by atoms with Gasteiger partial charge >= 0.3 is 0 Å². The van der Waals surface area contributed by atoms with Gasteiger partial charge in [0.15, 0.2) is 0 Å². The molecule has 192 valence electrons. The topological polar surface area (TPSA) is 61.9 Å². The predicted octanol–water partition coefficient (Wildman–Crippen LogP) is 5.71. The summed E-state index contributed by atoms with van der Waals surface area (Å²) in [4.78, 5) is 32.0. The average Bonchev–Trinajstić information content (AvgIpc) is 2.89. The average molecular weight is 573 g/mol. The largest absolute Gasteiger partial charge is 0.496 e. The van der Waals surface area contributed by atoms with Gasteiger partial charge < -0.3 is 15.0 Å². The monoisotopic (exact) mass is 571 g/mol. The maximum atomic E-state index is 13.5. The smallest absolute Gasteiger partial charge is 0.265 e. The molecule has 1 atom stereocenters. The van der Waals surface area contributed by atoms with Gasteiger partial charge in [0.05, 0.1) is 22.2 Å². The lowest BCUT2D eigenvalue weighted by atomic mass is 10.00. The van der Waals surface area contributed by atoms with Crippen molar-refractivity contribution in [2.45, 2.75) is 50.0 Å². The molecule has 0 radical (unpaired) electrons. The van der Waals surface area contributed by atoms with Crippen LogP contribution in [0.5, 0.6) is 5.75 Å². The van der Waals surface area contributed by atoms with Crippen molar-refractivity contribution in [1.82, 2.24) is 10.2 Å². The summed E-state index contributed by atoms with van der Waals surface area (Å²) in [5, 5.41) is 3.03. The molecular formula is C28H34BrN3O3S. The molecule has 0 bridgehead atoms. The minimum atomic E-state index is -0.167. The first-order valence-corrected chi connectivity index (χ1v) is 14.3. The van der Waals surface area contributed by atoms with Crippen molar-refractivity contribution in [1.29, 1.82) is 0 Å². The van der Waals surface area contributed by atoms with Crippen LogP contribution in [-0.4, -0.2) is 56.0 Å². The van der Waals surface area contributed by atoms with E-state index >= 15 is 0 Å². The van der Waals surface area contributed by atoms with Gasteiger partial charge in [0.1, 0.15) is 12.3 Å². The molecule has 0 aromatic heterocycles. The van der Waals surface area contributed by atoms with Crippen LogP contribution in [-0.2, 0) is 9.59 Å². The van der Waals surface area contributed by atoms with Crippen LogP contribution in [0.4, 0.5) is 5.69 Å². The van der Waals surface area contributed by atoms with E-state index in [0.717, 1.165) is 45.9 Å². The van der Waals surface area contributed by atoms with Gasteiger partial charge in [0.2, 0.25) is 5.91 Å². The van der Waals surface area contributed by atoms with Crippen LogP contribution in [0.15, 0.2) is 56.7 Å². The van der Waals surface area contributed by atoms with Crippen molar-refractivity contribution < 1.29 is 14.3 Å². The Morgan fingerprint density at radius 3 is 2.86 bits per heavy atom. The molecule has 2 amide bonds. The molecule has 4 rings (SSSR count). The molecule has 8 heteroatoms. The SMILES string of the molecule is CC[C@H]1CCCCN1CCCNC(=O)CN1C(=O)/C(=C\c2ccc(OC)c(Br)c2)Sc2ccccc21. The summed E-state index contributed by atoms with van der Waals surface area (Å²) in [6.45, 7) is 5.04. The van der Waals surface area contributed by atoms with Crippen LogP contribution in [0.2, 0.25) is 0 Å². The predicted molar refractivity (Wildman–Crippen MR) is 150 cm³/mol. The molecule has 0 aliphatic carbocycles. The van der Waals surface area contributed by atoms with Crippen LogP contribution in [0, 0.1) is 0 Å². The van der Waals surface area contributed by atoms with Crippen molar-refractivity contribution in [3.05, 3.63) is 57.4 Å². The zero-order valence-electron chi connectivity index (χ0n) is 21.0. The third-order valence-electron chi connectivity index (χ3n) is 6.77. The number of ether oxygens (including phenoxy) is 1. The molecule has 2 aliphatic rings. The zero-order valence-corrected chi connectivity index (χ0v) is 23.4. The molecule has 0 spiro atoms. The lowest BCUT2D eigenvalue weighted by Crippen LogP contribution is -2.44. The summed E-state index contributed by atoms with van der Waals surface area (Å²) < 4.78 is 6.13. The molecule has 2 aliphatic heterocycles. The number of thioether (sulfide) groups is 1. The Morgan fingerprint density at radius 2 is 2.08 bits per heavy atom. The Kier molecular flexibility index (Phi) is 9.51. The fourth-order valence-electron chi connectivity index (χ4n) is 4.87. The van der Waals surface area contributed by atoms with Gasteiger partial charge in [0, 0.05) is 24.0 Å². The maximum absolute atomic E-state index is 13.5. The van der Waals surface area contributed by atoms with Gasteiger partial charge in [-0.3, -0.25) is 14.5 Å². The van der Waals surface area contributed by atoms with Crippen LogP contribution in [0.1, 0.15) is 44.6 Å². The second-order valence-corrected chi connectivity index (χ2v) is 11.1. The fraction of sp³-hybridized carbons (Fsp3) is 0.429. The third-order valence-corrected chi connectivity index (χ3v) is 8.47. The Balaban J connectivity index is 1.40. The van der Waals surface area contributed by atoms with E-state index in [-0.39, 0.29) is 18.4 Å². The maximum Gasteiger partial charge on any atom is 0.265 e. The fourth-order valence-corrected chi connectivity index (χ4v) is 6.49. The normalized spacial score (nSPS) is 19.3. The van der Waals surface area contributed by atoms with Crippen molar-refractivity contribution in [2.24, 2.45) is 0 Å². The van der Waals surface area contributed by atoms with E-state index in [1.54, 1.807) is 12.0 Å². The second kappa shape index (κ2) is 12.8. The van der Waals surface area contributed by atoms with Crippen molar-refractivity contribution in [3.63, 3.8) is 0 Å². The summed E-state index contributed by atoms with van der Waals surface area (Å²) in [6.07, 6.45) is 7.83. The van der Waals surface area contributed by atoms with E-state index in [1.165, 1.54) is 37.4 Å². The van der Waals surface area contributed by atoms with Gasteiger partial charge in [-0.2, -0.15) is 0 Å². The van der Waals surface area contributed by atoms with Crippen LogP contribution < -0.4 is 15.0 Å². The Bertz CT molecular complexity index is 1120. The summed E-state index contributed by atoms with van der Waals surface area (Å²) >= 11 is 4.94. The zero-order chi connectivity index (χ0) is 25.5. The first-order valence-electron chi connectivity index (χ1n) is 12.6. The number of anilines is 1. The molecule has 1 fully saturated rings. The molecule has 6 nitrogen and oxygen atoms in total. The number of nitrogens with zero attached hydrogens (tertiary/aromatic N) is 2. The number of hydrogen-bond acceptors (Lipinski definition) is 5. The van der Waals surface area contributed by atoms with E-state index in [1.807, 2.05) is 48.5 Å². The molecule has 2 aromatic carbocycles. The lowest BCUT2D eigenvalue weighted by molar-refractivity contribution is -0.122. The number of amides is 2. The number of rotatable bonds is 9. The van der Waals surface area contributed by atoms with E-state index in [4.69, 9.17) is 4.74 Å². The van der Waals surface area contributed by atoms with Gasteiger partial charge in [-0.15, -0.1) is 0 Å². The molecule has 0 unspecified atom stereocenters. The lowest BCUT2D eigenvalue weighted by Gasteiger charge is -2.35. The van der Waals surface area contributed by atoms with Crippen LogP contribution >= 0.6 is 27.7 Å². The molecule has 1 saturated heterocycles. The highest BCUT2D eigenvalue weighted by molar-refractivity contribution is 9.10. The highest BCUT2D eigenvalue weighted by atomic mass is 79.9. The number of likely N-dealkylation sites (tertiary alicyclic amines) is 1. The van der Waals surface area contributed by atoms with E-state index in [2.05, 4.69) is 33.1 Å². The number of carbonyl (C=O) groups is 2. The first-order chi connectivity index (χ1) is 17.5. The van der Waals surface area contributed by atoms with Gasteiger partial charge in [-0.1, -0.05) is 43.3 Å². The van der Waals surface area contributed by atoms with Crippen molar-refractivity contribution >= 4 is 51.3 Å². The number of hydrogen-bond donors (Lipinski definition) is 1. The quantitative estimate of drug-likeness (QED) is 0.308. The van der Waals surface area contributed by atoms with Crippen molar-refractivity contribution in [3.8, 4) is 5.75 Å². The van der Waals surface area contributed by atoms with E-state index in [9.17, 15) is 9.59 Å². The number of para-hydroxylation sites is 1. The highest BCUT2D eigenvalue weighted by Crippen LogP contribution is 2.42. The van der Waals surface area contributed by atoms with Gasteiger partial charge in [-0.25, -0.2) is 0 Å². The Morgan fingerprint density at radius 1 is 1.25 bits per heavy atom. The summed E-state index contributed by atoms with van der Waals surface area (Å²) in [5.74, 6) is 0.427. The van der Waals surface area contributed by atoms with Crippen LogP contribution in [0.3, 0.4) is 0 Å². The Hall–Kier alpha value is -2.29. The van der Waals surface area contributed by atoms with E-state index < -0.39 is 0 Å². The van der Waals surface area contributed by atoms with Crippen LogP contribution in [0.25, 0.3) is 6.08 Å². The highest BCUT2D eigenvalue weighted by Gasteiger charge is 2.30. The molecule has 36 heavy (non-hydrogen) atoms. The molecule has 1 N–H and O–H groups in total. The summed E-state index contributed by atoms with van der Waals surface area (Å²) in [7, 11) is 1.62. The minimum Gasteiger partial charge on any atom is -0.496 e. The van der Waals surface area contributed by atoms with E-state index in [0.29, 0.717) is 17.5 Å². The minimum absolute atomic E-state index is 0.00134. The third kappa shape index (κ3) is 6.52. The molecule has 2 heterocycles. The number of piperidine rings is 1. The number of halogens is 1. The number of fused-ring (bicyclic) bond motifs is 1. The Labute approximate surface area is 226 Å². The second-order valence-electron chi connectivity index (χ2n) is 9.16. The van der Waals surface area contributed by atoms with Crippen molar-refractivity contribution in [2.75, 3.05) is 38.2 Å². The standard InChI is InChI=1S/C28H34BrN3O3S/c1-3-21-9-6-7-15-31(21)16-8-14-30-27(33)19-32-23-10-4-5-11-25(23)36-26(28(32)34)18-20-12-13-24(35-2)22(29)17-20/h4-5,10-13,17-18,21H,3,6-9,14-16,19H2,1-2H3,(H,30,33)/b26-18+/t21-/m0/s1. The molecule has 2 aromatic rings. The number of methoxy groups -OCH3 is 1. The number of benzene rings is 2. The molecule has 0 saturated carbocycles. The summed E-state index contributed by atoms with van der Waals surface area (Å²) in [6, 6.07) is 14.1. The first kappa shape index (κ1) is 26.8. The summed E-state index contributed by atoms with van der Waals surface area (Å²) in [5.41, 5.74) is 1.65.